The molecule has 13 heavy (non-hydrogen) atoms. The largest absolute Gasteiger partial charge is 0.351 e. The third kappa shape index (κ3) is 3.73. The summed E-state index contributed by atoms with van der Waals surface area (Å²) in [6.07, 6.45) is 3.58. The van der Waals surface area contributed by atoms with Crippen molar-refractivity contribution in [3.63, 3.8) is 0 Å². The van der Waals surface area contributed by atoms with Gasteiger partial charge in [-0.3, -0.25) is 4.79 Å². The smallest absolute Gasteiger partial charge is 0.226 e. The van der Waals surface area contributed by atoms with Crippen LogP contribution in [-0.4, -0.2) is 21.4 Å². The van der Waals surface area contributed by atoms with Gasteiger partial charge in [0.2, 0.25) is 5.91 Å². The van der Waals surface area contributed by atoms with Gasteiger partial charge in [0.05, 0.1) is 12.7 Å². The number of rotatable bonds is 2. The van der Waals surface area contributed by atoms with Gasteiger partial charge in [-0.2, -0.15) is 0 Å². The van der Waals surface area contributed by atoms with Crippen molar-refractivity contribution in [2.24, 2.45) is 0 Å². The van der Waals surface area contributed by atoms with Crippen LogP contribution in [0.15, 0.2) is 12.5 Å². The molecule has 4 nitrogen and oxygen atoms in total. The number of imidazole rings is 1. The highest BCUT2D eigenvalue weighted by molar-refractivity contribution is 5.78. The summed E-state index contributed by atoms with van der Waals surface area (Å²) in [7, 11) is 0. The van der Waals surface area contributed by atoms with E-state index in [2.05, 4.69) is 15.3 Å². The molecule has 0 aromatic carbocycles. The number of aromatic amines is 1. The zero-order chi connectivity index (χ0) is 9.90. The van der Waals surface area contributed by atoms with E-state index in [0.29, 0.717) is 6.42 Å². The molecule has 72 valence electrons. The summed E-state index contributed by atoms with van der Waals surface area (Å²) in [5.41, 5.74) is 0.665. The van der Waals surface area contributed by atoms with Gasteiger partial charge >= 0.3 is 0 Å². The molecule has 0 radical (unpaired) electrons. The Morgan fingerprint density at radius 3 is 2.77 bits per heavy atom. The molecule has 0 bridgehead atoms. The summed E-state index contributed by atoms with van der Waals surface area (Å²) in [4.78, 5) is 18.1. The third-order valence-electron chi connectivity index (χ3n) is 1.42. The number of aromatic nitrogens is 2. The number of amides is 1. The second-order valence-corrected chi connectivity index (χ2v) is 4.05. The van der Waals surface area contributed by atoms with E-state index in [4.69, 9.17) is 0 Å². The van der Waals surface area contributed by atoms with Gasteiger partial charge in [-0.05, 0) is 20.8 Å². The lowest BCUT2D eigenvalue weighted by Crippen LogP contribution is -2.41. The van der Waals surface area contributed by atoms with Crippen LogP contribution < -0.4 is 5.32 Å². The number of carbonyl (C=O) groups is 1. The maximum atomic E-state index is 11.4. The minimum Gasteiger partial charge on any atom is -0.351 e. The van der Waals surface area contributed by atoms with Crippen molar-refractivity contribution in [3.05, 3.63) is 18.2 Å². The molecule has 1 amide bonds. The van der Waals surface area contributed by atoms with Crippen molar-refractivity contribution in [1.29, 1.82) is 0 Å². The molecule has 2 N–H and O–H groups in total. The Balaban J connectivity index is 2.43. The maximum Gasteiger partial charge on any atom is 0.226 e. The summed E-state index contributed by atoms with van der Waals surface area (Å²) in [6, 6.07) is 0. The quantitative estimate of drug-likeness (QED) is 0.711. The number of H-pyrrole nitrogens is 1. The van der Waals surface area contributed by atoms with Gasteiger partial charge in [-0.25, -0.2) is 4.98 Å². The summed E-state index contributed by atoms with van der Waals surface area (Å²) >= 11 is 0. The van der Waals surface area contributed by atoms with Crippen molar-refractivity contribution in [2.75, 3.05) is 0 Å². The molecule has 0 spiro atoms. The molecule has 1 aromatic heterocycles. The summed E-state index contributed by atoms with van der Waals surface area (Å²) in [5.74, 6) is 0.0109. The lowest BCUT2D eigenvalue weighted by molar-refractivity contribution is -0.121. The van der Waals surface area contributed by atoms with Crippen LogP contribution >= 0.6 is 0 Å². The van der Waals surface area contributed by atoms with E-state index < -0.39 is 0 Å². The molecule has 1 rings (SSSR count). The Bertz CT molecular complexity index is 272. The summed E-state index contributed by atoms with van der Waals surface area (Å²) in [6.45, 7) is 5.87. The highest BCUT2D eigenvalue weighted by atomic mass is 16.1. The predicted molar refractivity (Wildman–Crippen MR) is 50.2 cm³/mol. The first-order chi connectivity index (χ1) is 5.97. The van der Waals surface area contributed by atoms with Crippen LogP contribution in [0.4, 0.5) is 0 Å². The number of hydrogen-bond donors (Lipinski definition) is 2. The second kappa shape index (κ2) is 3.60. The Hall–Kier alpha value is -1.32. The number of carbonyl (C=O) groups excluding carboxylic acids is 1. The molecular formula is C9H15N3O. The molecule has 1 heterocycles. The Kier molecular flexibility index (Phi) is 2.70. The molecule has 0 atom stereocenters. The minimum atomic E-state index is -0.170. The Morgan fingerprint density at radius 2 is 2.31 bits per heavy atom. The molecule has 0 aliphatic carbocycles. The number of nitrogens with one attached hydrogen (secondary N) is 2. The topological polar surface area (TPSA) is 57.8 Å². The van der Waals surface area contributed by atoms with Crippen molar-refractivity contribution in [2.45, 2.75) is 32.7 Å². The van der Waals surface area contributed by atoms with E-state index in [1.54, 1.807) is 12.5 Å². The molecule has 0 saturated carbocycles. The van der Waals surface area contributed by atoms with Crippen molar-refractivity contribution < 1.29 is 4.79 Å². The first kappa shape index (κ1) is 9.77. The van der Waals surface area contributed by atoms with Crippen LogP contribution in [0.5, 0.6) is 0 Å². The van der Waals surface area contributed by atoms with Crippen LogP contribution in [0, 0.1) is 0 Å². The van der Waals surface area contributed by atoms with Crippen LogP contribution in [-0.2, 0) is 11.2 Å². The lowest BCUT2D eigenvalue weighted by Gasteiger charge is -2.20. The third-order valence-corrected chi connectivity index (χ3v) is 1.42. The average molecular weight is 181 g/mol. The van der Waals surface area contributed by atoms with E-state index in [-0.39, 0.29) is 11.4 Å². The fourth-order valence-corrected chi connectivity index (χ4v) is 1.02. The van der Waals surface area contributed by atoms with Gasteiger partial charge in [0.15, 0.2) is 0 Å². The van der Waals surface area contributed by atoms with E-state index in [1.807, 2.05) is 20.8 Å². The van der Waals surface area contributed by atoms with Crippen molar-refractivity contribution in [1.82, 2.24) is 15.3 Å². The van der Waals surface area contributed by atoms with E-state index in [9.17, 15) is 4.79 Å². The standard InChI is InChI=1S/C9H15N3O/c1-9(2,3)12-8(13)4-7-5-10-6-11-7/h5-6H,4H2,1-3H3,(H,10,11)(H,12,13). The van der Waals surface area contributed by atoms with Gasteiger partial charge in [0.1, 0.15) is 0 Å². The maximum absolute atomic E-state index is 11.4. The van der Waals surface area contributed by atoms with Crippen molar-refractivity contribution >= 4 is 5.91 Å². The highest BCUT2D eigenvalue weighted by Gasteiger charge is 2.13. The Labute approximate surface area is 77.8 Å². The highest BCUT2D eigenvalue weighted by Crippen LogP contribution is 2.00. The SMILES string of the molecule is CC(C)(C)NC(=O)Cc1cnc[nH]1. The normalized spacial score (nSPS) is 11.3. The molecule has 1 aromatic rings. The second-order valence-electron chi connectivity index (χ2n) is 4.05. The van der Waals surface area contributed by atoms with Crippen LogP contribution in [0.25, 0.3) is 0 Å². The fourth-order valence-electron chi connectivity index (χ4n) is 1.02. The molecular weight excluding hydrogens is 166 g/mol. The van der Waals surface area contributed by atoms with Gasteiger partial charge in [0, 0.05) is 17.4 Å². The number of hydrogen-bond acceptors (Lipinski definition) is 2. The summed E-state index contributed by atoms with van der Waals surface area (Å²) < 4.78 is 0. The molecule has 0 aliphatic rings. The minimum absolute atomic E-state index is 0.0109. The zero-order valence-electron chi connectivity index (χ0n) is 8.22. The zero-order valence-corrected chi connectivity index (χ0v) is 8.22. The van der Waals surface area contributed by atoms with E-state index >= 15 is 0 Å². The first-order valence-corrected chi connectivity index (χ1v) is 4.25. The predicted octanol–water partition coefficient (Wildman–Crippen LogP) is 0.867. The molecule has 0 fully saturated rings. The fraction of sp³-hybridized carbons (Fsp3) is 0.556. The van der Waals surface area contributed by atoms with E-state index in [1.165, 1.54) is 0 Å². The van der Waals surface area contributed by atoms with Gasteiger partial charge in [-0.15, -0.1) is 0 Å². The number of nitrogens with zero attached hydrogens (tertiary/aromatic N) is 1. The monoisotopic (exact) mass is 181 g/mol. The van der Waals surface area contributed by atoms with E-state index in [0.717, 1.165) is 5.69 Å². The van der Waals surface area contributed by atoms with Crippen LogP contribution in [0.1, 0.15) is 26.5 Å². The van der Waals surface area contributed by atoms with Gasteiger partial charge in [-0.1, -0.05) is 0 Å². The van der Waals surface area contributed by atoms with Crippen LogP contribution in [0.3, 0.4) is 0 Å². The van der Waals surface area contributed by atoms with Crippen LogP contribution in [0.2, 0.25) is 0 Å². The molecule has 0 aliphatic heterocycles. The summed E-state index contributed by atoms with van der Waals surface area (Å²) in [5, 5.41) is 2.87. The average Bonchev–Trinajstić information content (AvgIpc) is 2.34. The lowest BCUT2D eigenvalue weighted by atomic mass is 10.1. The molecule has 0 unspecified atom stereocenters. The van der Waals surface area contributed by atoms with Crippen molar-refractivity contribution in [3.8, 4) is 0 Å². The van der Waals surface area contributed by atoms with Gasteiger partial charge in [0.25, 0.3) is 0 Å². The Morgan fingerprint density at radius 1 is 1.62 bits per heavy atom. The molecule has 4 heteroatoms. The molecule has 0 saturated heterocycles. The first-order valence-electron chi connectivity index (χ1n) is 4.25. The van der Waals surface area contributed by atoms with Gasteiger partial charge < -0.3 is 10.3 Å².